The number of carbonyl (C=O) groups excluding carboxylic acids is 1. The van der Waals surface area contributed by atoms with Crippen LogP contribution in [-0.2, 0) is 24.3 Å². The fourth-order valence-electron chi connectivity index (χ4n) is 5.01. The van der Waals surface area contributed by atoms with Crippen molar-refractivity contribution in [3.63, 3.8) is 0 Å². The SMILES string of the molecule is Cc1ccc(Cn2c(=O)c(=O)n(CCC(=O)N[C@@H]3CCCc4ccccc43)c3ccccc32)cc1. The summed E-state index contributed by atoms with van der Waals surface area (Å²) in [6.45, 7) is 2.48. The van der Waals surface area contributed by atoms with Gasteiger partial charge in [-0.1, -0.05) is 66.2 Å². The maximum Gasteiger partial charge on any atom is 0.317 e. The zero-order valence-electron chi connectivity index (χ0n) is 19.9. The fraction of sp³-hybridized carbons (Fsp3) is 0.276. The van der Waals surface area contributed by atoms with E-state index in [4.69, 9.17) is 0 Å². The molecule has 0 saturated carbocycles. The molecule has 0 fully saturated rings. The van der Waals surface area contributed by atoms with Gasteiger partial charge in [0, 0.05) is 13.0 Å². The molecule has 3 aromatic carbocycles. The summed E-state index contributed by atoms with van der Waals surface area (Å²) in [6, 6.07) is 23.5. The molecule has 178 valence electrons. The van der Waals surface area contributed by atoms with Crippen molar-refractivity contribution in [2.24, 2.45) is 0 Å². The van der Waals surface area contributed by atoms with Gasteiger partial charge in [-0.2, -0.15) is 0 Å². The monoisotopic (exact) mass is 467 g/mol. The average Bonchev–Trinajstić information content (AvgIpc) is 2.88. The van der Waals surface area contributed by atoms with E-state index in [2.05, 4.69) is 17.4 Å². The van der Waals surface area contributed by atoms with Crippen LogP contribution in [0.2, 0.25) is 0 Å². The lowest BCUT2D eigenvalue weighted by Gasteiger charge is -2.26. The van der Waals surface area contributed by atoms with Gasteiger partial charge in [0.15, 0.2) is 0 Å². The van der Waals surface area contributed by atoms with Crippen LogP contribution in [0.5, 0.6) is 0 Å². The smallest absolute Gasteiger partial charge is 0.317 e. The number of rotatable bonds is 6. The Bertz CT molecular complexity index is 1500. The summed E-state index contributed by atoms with van der Waals surface area (Å²) in [5.74, 6) is -0.119. The van der Waals surface area contributed by atoms with E-state index in [0.717, 1.165) is 30.4 Å². The highest BCUT2D eigenvalue weighted by Gasteiger charge is 2.21. The van der Waals surface area contributed by atoms with Gasteiger partial charge in [-0.3, -0.25) is 19.0 Å². The van der Waals surface area contributed by atoms with Crippen molar-refractivity contribution in [2.45, 2.75) is 51.7 Å². The van der Waals surface area contributed by atoms with Crippen LogP contribution in [0.25, 0.3) is 11.0 Å². The molecule has 5 rings (SSSR count). The molecule has 0 saturated heterocycles. The second-order valence-electron chi connectivity index (χ2n) is 9.28. The average molecular weight is 468 g/mol. The lowest BCUT2D eigenvalue weighted by molar-refractivity contribution is -0.122. The van der Waals surface area contributed by atoms with E-state index in [-0.39, 0.29) is 24.9 Å². The molecule has 6 nitrogen and oxygen atoms in total. The Morgan fingerprint density at radius 2 is 1.54 bits per heavy atom. The van der Waals surface area contributed by atoms with Crippen molar-refractivity contribution in [2.75, 3.05) is 0 Å². The second-order valence-corrected chi connectivity index (χ2v) is 9.28. The molecule has 0 unspecified atom stereocenters. The van der Waals surface area contributed by atoms with Crippen LogP contribution in [0.1, 0.15) is 47.6 Å². The highest BCUT2D eigenvalue weighted by Crippen LogP contribution is 2.29. The minimum atomic E-state index is -0.605. The summed E-state index contributed by atoms with van der Waals surface area (Å²) in [4.78, 5) is 39.1. The van der Waals surface area contributed by atoms with Gasteiger partial charge >= 0.3 is 11.1 Å². The first-order valence-corrected chi connectivity index (χ1v) is 12.2. The molecule has 1 N–H and O–H groups in total. The third kappa shape index (κ3) is 4.69. The molecule has 0 aliphatic heterocycles. The van der Waals surface area contributed by atoms with E-state index < -0.39 is 11.1 Å². The van der Waals surface area contributed by atoms with Crippen LogP contribution in [0.4, 0.5) is 0 Å². The number of nitrogens with zero attached hydrogens (tertiary/aromatic N) is 2. The molecule has 0 radical (unpaired) electrons. The maximum absolute atomic E-state index is 13.1. The molecule has 1 atom stereocenters. The molecule has 1 heterocycles. The maximum atomic E-state index is 13.1. The molecule has 35 heavy (non-hydrogen) atoms. The second kappa shape index (κ2) is 9.74. The number of fused-ring (bicyclic) bond motifs is 2. The van der Waals surface area contributed by atoms with E-state index in [0.29, 0.717) is 17.6 Å². The van der Waals surface area contributed by atoms with Crippen molar-refractivity contribution < 1.29 is 4.79 Å². The largest absolute Gasteiger partial charge is 0.349 e. The topological polar surface area (TPSA) is 73.1 Å². The zero-order chi connectivity index (χ0) is 24.4. The summed E-state index contributed by atoms with van der Waals surface area (Å²) < 4.78 is 2.97. The van der Waals surface area contributed by atoms with E-state index >= 15 is 0 Å². The molecule has 0 spiro atoms. The van der Waals surface area contributed by atoms with Crippen LogP contribution in [0.3, 0.4) is 0 Å². The van der Waals surface area contributed by atoms with Gasteiger partial charge in [-0.25, -0.2) is 0 Å². The van der Waals surface area contributed by atoms with Gasteiger partial charge in [0.1, 0.15) is 0 Å². The number of aryl methyl sites for hydroxylation is 3. The molecular formula is C29H29N3O3. The van der Waals surface area contributed by atoms with Crippen LogP contribution in [0, 0.1) is 6.92 Å². The summed E-state index contributed by atoms with van der Waals surface area (Å²) in [7, 11) is 0. The first kappa shape index (κ1) is 22.8. The third-order valence-corrected chi connectivity index (χ3v) is 6.86. The van der Waals surface area contributed by atoms with Crippen LogP contribution < -0.4 is 16.4 Å². The molecule has 1 aliphatic carbocycles. The zero-order valence-corrected chi connectivity index (χ0v) is 19.9. The van der Waals surface area contributed by atoms with Crippen LogP contribution >= 0.6 is 0 Å². The summed E-state index contributed by atoms with van der Waals surface area (Å²) >= 11 is 0. The number of nitrogens with one attached hydrogen (secondary N) is 1. The van der Waals surface area contributed by atoms with Crippen molar-refractivity contribution in [3.8, 4) is 0 Å². The highest BCUT2D eigenvalue weighted by atomic mass is 16.2. The third-order valence-electron chi connectivity index (χ3n) is 6.86. The predicted octanol–water partition coefficient (Wildman–Crippen LogP) is 4.10. The van der Waals surface area contributed by atoms with Crippen molar-refractivity contribution in [1.82, 2.24) is 14.5 Å². The number of benzene rings is 3. The highest BCUT2D eigenvalue weighted by molar-refractivity contribution is 5.78. The van der Waals surface area contributed by atoms with E-state index in [1.807, 2.05) is 67.6 Å². The minimum absolute atomic E-state index is 0.0107. The van der Waals surface area contributed by atoms with Gasteiger partial charge in [0.2, 0.25) is 5.91 Å². The number of hydrogen-bond donors (Lipinski definition) is 1. The number of carbonyl (C=O) groups is 1. The number of amides is 1. The molecule has 0 bridgehead atoms. The van der Waals surface area contributed by atoms with Crippen molar-refractivity contribution in [1.29, 1.82) is 0 Å². The lowest BCUT2D eigenvalue weighted by atomic mass is 9.88. The molecule has 6 heteroatoms. The van der Waals surface area contributed by atoms with Crippen molar-refractivity contribution in [3.05, 3.63) is 116 Å². The molecular weight excluding hydrogens is 438 g/mol. The number of hydrogen-bond acceptors (Lipinski definition) is 3. The Labute approximate surface area is 203 Å². The predicted molar refractivity (Wildman–Crippen MR) is 138 cm³/mol. The van der Waals surface area contributed by atoms with Crippen molar-refractivity contribution >= 4 is 16.9 Å². The van der Waals surface area contributed by atoms with Crippen LogP contribution in [-0.4, -0.2) is 15.0 Å². The van der Waals surface area contributed by atoms with Gasteiger partial charge in [0.05, 0.1) is 23.6 Å². The number of para-hydroxylation sites is 2. The van der Waals surface area contributed by atoms with E-state index in [1.54, 1.807) is 0 Å². The normalized spacial score (nSPS) is 15.1. The Balaban J connectivity index is 1.39. The minimum Gasteiger partial charge on any atom is -0.349 e. The summed E-state index contributed by atoms with van der Waals surface area (Å²) in [5.41, 5.74) is 4.69. The first-order valence-electron chi connectivity index (χ1n) is 12.2. The van der Waals surface area contributed by atoms with E-state index in [1.165, 1.54) is 20.3 Å². The molecule has 1 amide bonds. The summed E-state index contributed by atoms with van der Waals surface area (Å²) in [5, 5.41) is 3.14. The first-order chi connectivity index (χ1) is 17.0. The van der Waals surface area contributed by atoms with Crippen LogP contribution in [0.15, 0.2) is 82.4 Å². The Morgan fingerprint density at radius 1 is 0.886 bits per heavy atom. The standard InChI is InChI=1S/C29H29N3O3/c1-20-13-15-21(16-14-20)19-32-26-12-5-4-11-25(26)31(28(34)29(32)35)18-17-27(33)30-24-10-6-8-22-7-2-3-9-23(22)24/h2-5,7,9,11-16,24H,6,8,10,17-19H2,1H3,(H,30,33)/t24-/m1/s1. The lowest BCUT2D eigenvalue weighted by Crippen LogP contribution is -2.42. The molecule has 4 aromatic rings. The quantitative estimate of drug-likeness (QED) is 0.434. The Morgan fingerprint density at radius 3 is 2.31 bits per heavy atom. The van der Waals surface area contributed by atoms with Gasteiger partial charge < -0.3 is 9.88 Å². The Kier molecular flexibility index (Phi) is 6.36. The van der Waals surface area contributed by atoms with Gasteiger partial charge in [-0.15, -0.1) is 0 Å². The van der Waals surface area contributed by atoms with E-state index in [9.17, 15) is 14.4 Å². The van der Waals surface area contributed by atoms with Gasteiger partial charge in [-0.05, 0) is 55.0 Å². The van der Waals surface area contributed by atoms with Gasteiger partial charge in [0.25, 0.3) is 0 Å². The molecule has 1 aromatic heterocycles. The summed E-state index contributed by atoms with van der Waals surface area (Å²) in [6.07, 6.45) is 3.10. The fourth-order valence-corrected chi connectivity index (χ4v) is 5.01. The Hall–Kier alpha value is -3.93. The number of aromatic nitrogens is 2. The molecule has 1 aliphatic rings.